The van der Waals surface area contributed by atoms with Crippen LogP contribution >= 0.6 is 0 Å². The molecule has 3 amide bonds. The molecular formula is C24H33N3O5. The molecule has 2 aliphatic heterocycles. The molecule has 1 aliphatic carbocycles. The molecule has 32 heavy (non-hydrogen) atoms. The third kappa shape index (κ3) is 5.00. The fourth-order valence-corrected chi connectivity index (χ4v) is 4.92. The lowest BCUT2D eigenvalue weighted by atomic mass is 9.87. The Morgan fingerprint density at radius 3 is 2.34 bits per heavy atom. The van der Waals surface area contributed by atoms with E-state index in [1.165, 1.54) is 0 Å². The maximum Gasteiger partial charge on any atom is 0.252 e. The highest BCUT2D eigenvalue weighted by molar-refractivity contribution is 5.98. The summed E-state index contributed by atoms with van der Waals surface area (Å²) >= 11 is 0. The number of ether oxygens (including phenoxy) is 2. The summed E-state index contributed by atoms with van der Waals surface area (Å²) in [5.74, 6) is 1.02. The van der Waals surface area contributed by atoms with Gasteiger partial charge in [-0.25, -0.2) is 0 Å². The van der Waals surface area contributed by atoms with Crippen LogP contribution in [0.15, 0.2) is 18.2 Å². The fraction of sp³-hybridized carbons (Fsp3) is 0.625. The van der Waals surface area contributed by atoms with E-state index in [-0.39, 0.29) is 42.4 Å². The smallest absolute Gasteiger partial charge is 0.252 e. The van der Waals surface area contributed by atoms with E-state index in [0.29, 0.717) is 43.0 Å². The SMILES string of the molecule is CC(C)NC(=O)[C@@H](NC(=O)c1ccc2c(c1)OCO2)C1CCN(C(=O)C2CCCC2)CC1. The van der Waals surface area contributed by atoms with E-state index in [1.807, 2.05) is 18.7 Å². The number of fused-ring (bicyclic) bond motifs is 1. The van der Waals surface area contributed by atoms with Crippen molar-refractivity contribution < 1.29 is 23.9 Å². The van der Waals surface area contributed by atoms with Gasteiger partial charge in [0.25, 0.3) is 5.91 Å². The number of nitrogens with one attached hydrogen (secondary N) is 2. The maximum atomic E-state index is 13.0. The number of benzene rings is 1. The number of nitrogens with zero attached hydrogens (tertiary/aromatic N) is 1. The van der Waals surface area contributed by atoms with Crippen molar-refractivity contribution in [3.63, 3.8) is 0 Å². The monoisotopic (exact) mass is 443 g/mol. The number of hydrogen-bond donors (Lipinski definition) is 2. The predicted molar refractivity (Wildman–Crippen MR) is 118 cm³/mol. The van der Waals surface area contributed by atoms with Crippen molar-refractivity contribution in [2.45, 2.75) is 64.5 Å². The standard InChI is InChI=1S/C24H33N3O5/c1-15(2)25-23(29)21(26-22(28)18-7-8-19-20(13-18)32-14-31-19)16-9-11-27(12-10-16)24(30)17-5-3-4-6-17/h7-8,13,15-17,21H,3-6,9-12,14H2,1-2H3,(H,25,29)(H,26,28)/t21-/m0/s1. The Morgan fingerprint density at radius 2 is 1.66 bits per heavy atom. The van der Waals surface area contributed by atoms with Crippen molar-refractivity contribution in [2.75, 3.05) is 19.9 Å². The summed E-state index contributed by atoms with van der Waals surface area (Å²) in [6, 6.07) is 4.32. The van der Waals surface area contributed by atoms with Gasteiger partial charge in [-0.2, -0.15) is 0 Å². The van der Waals surface area contributed by atoms with Crippen molar-refractivity contribution in [1.82, 2.24) is 15.5 Å². The van der Waals surface area contributed by atoms with Crippen LogP contribution in [0.2, 0.25) is 0 Å². The molecule has 2 heterocycles. The van der Waals surface area contributed by atoms with Crippen molar-refractivity contribution in [2.24, 2.45) is 11.8 Å². The number of carbonyl (C=O) groups excluding carboxylic acids is 3. The first-order valence-electron chi connectivity index (χ1n) is 11.7. The van der Waals surface area contributed by atoms with Crippen LogP contribution in [-0.2, 0) is 9.59 Å². The number of piperidine rings is 1. The predicted octanol–water partition coefficient (Wildman–Crippen LogP) is 2.47. The Bertz CT molecular complexity index is 857. The number of amides is 3. The quantitative estimate of drug-likeness (QED) is 0.704. The van der Waals surface area contributed by atoms with Gasteiger partial charge >= 0.3 is 0 Å². The van der Waals surface area contributed by atoms with Crippen molar-refractivity contribution in [3.05, 3.63) is 23.8 Å². The second-order valence-corrected chi connectivity index (χ2v) is 9.33. The molecule has 174 valence electrons. The minimum absolute atomic E-state index is 0.0284. The van der Waals surface area contributed by atoms with Gasteiger partial charge in [-0.15, -0.1) is 0 Å². The maximum absolute atomic E-state index is 13.0. The summed E-state index contributed by atoms with van der Waals surface area (Å²) in [5, 5.41) is 5.89. The van der Waals surface area contributed by atoms with Crippen molar-refractivity contribution in [3.8, 4) is 11.5 Å². The van der Waals surface area contributed by atoms with Gasteiger partial charge in [0.15, 0.2) is 11.5 Å². The number of carbonyl (C=O) groups is 3. The summed E-state index contributed by atoms with van der Waals surface area (Å²) in [6.07, 6.45) is 5.63. The molecule has 8 nitrogen and oxygen atoms in total. The second kappa shape index (κ2) is 9.79. The Labute approximate surface area is 189 Å². The molecule has 3 aliphatic rings. The largest absolute Gasteiger partial charge is 0.454 e. The zero-order chi connectivity index (χ0) is 22.7. The van der Waals surface area contributed by atoms with Gasteiger partial charge in [0.05, 0.1) is 0 Å². The van der Waals surface area contributed by atoms with Crippen molar-refractivity contribution in [1.29, 1.82) is 0 Å². The van der Waals surface area contributed by atoms with Gasteiger partial charge in [0, 0.05) is 30.6 Å². The van der Waals surface area contributed by atoms with Gasteiger partial charge in [0.2, 0.25) is 18.6 Å². The first kappa shape index (κ1) is 22.4. The van der Waals surface area contributed by atoms with E-state index in [0.717, 1.165) is 25.7 Å². The molecule has 1 saturated heterocycles. The highest BCUT2D eigenvalue weighted by atomic mass is 16.7. The summed E-state index contributed by atoms with van der Waals surface area (Å²) in [5.41, 5.74) is 0.422. The fourth-order valence-electron chi connectivity index (χ4n) is 4.92. The van der Waals surface area contributed by atoms with E-state index in [4.69, 9.17) is 9.47 Å². The molecule has 1 aromatic rings. The van der Waals surface area contributed by atoms with Crippen LogP contribution < -0.4 is 20.1 Å². The molecule has 0 unspecified atom stereocenters. The Hall–Kier alpha value is -2.77. The van der Waals surface area contributed by atoms with E-state index in [1.54, 1.807) is 18.2 Å². The van der Waals surface area contributed by atoms with Crippen LogP contribution in [0, 0.1) is 11.8 Å². The van der Waals surface area contributed by atoms with Gasteiger partial charge in [0.1, 0.15) is 6.04 Å². The van der Waals surface area contributed by atoms with Crippen LogP contribution in [0.25, 0.3) is 0 Å². The number of hydrogen-bond acceptors (Lipinski definition) is 5. The third-order valence-corrected chi connectivity index (χ3v) is 6.66. The summed E-state index contributed by atoms with van der Waals surface area (Å²) in [7, 11) is 0. The molecule has 0 bridgehead atoms. The molecule has 8 heteroatoms. The summed E-state index contributed by atoms with van der Waals surface area (Å²) in [4.78, 5) is 40.7. The van der Waals surface area contributed by atoms with Crippen molar-refractivity contribution >= 4 is 17.7 Å². The Morgan fingerprint density at radius 1 is 0.969 bits per heavy atom. The zero-order valence-corrected chi connectivity index (χ0v) is 18.9. The molecule has 1 atom stereocenters. The summed E-state index contributed by atoms with van der Waals surface area (Å²) < 4.78 is 10.7. The molecule has 2 N–H and O–H groups in total. The lowest BCUT2D eigenvalue weighted by Crippen LogP contribution is -2.55. The molecule has 0 radical (unpaired) electrons. The molecule has 0 spiro atoms. The van der Waals surface area contributed by atoms with Crippen LogP contribution in [-0.4, -0.2) is 54.6 Å². The van der Waals surface area contributed by atoms with Gasteiger partial charge in [-0.3, -0.25) is 14.4 Å². The third-order valence-electron chi connectivity index (χ3n) is 6.66. The normalized spacial score (nSPS) is 19.8. The van der Waals surface area contributed by atoms with Gasteiger partial charge in [-0.1, -0.05) is 12.8 Å². The molecule has 2 fully saturated rings. The molecule has 0 aromatic heterocycles. The van der Waals surface area contributed by atoms with E-state index in [2.05, 4.69) is 10.6 Å². The lowest BCUT2D eigenvalue weighted by Gasteiger charge is -2.37. The lowest BCUT2D eigenvalue weighted by molar-refractivity contribution is -0.137. The molecular weight excluding hydrogens is 410 g/mol. The van der Waals surface area contributed by atoms with Gasteiger partial charge < -0.3 is 25.0 Å². The molecule has 1 aromatic carbocycles. The highest BCUT2D eigenvalue weighted by Crippen LogP contribution is 2.33. The minimum atomic E-state index is -0.654. The first-order chi connectivity index (χ1) is 15.4. The summed E-state index contributed by atoms with van der Waals surface area (Å²) in [6.45, 7) is 5.20. The van der Waals surface area contributed by atoms with Crippen LogP contribution in [0.1, 0.15) is 62.7 Å². The number of rotatable bonds is 6. The minimum Gasteiger partial charge on any atom is -0.454 e. The average Bonchev–Trinajstić information content (AvgIpc) is 3.48. The molecule has 4 rings (SSSR count). The van der Waals surface area contributed by atoms with Crippen LogP contribution in [0.4, 0.5) is 0 Å². The van der Waals surface area contributed by atoms with Gasteiger partial charge in [-0.05, 0) is 63.6 Å². The average molecular weight is 444 g/mol. The number of likely N-dealkylation sites (tertiary alicyclic amines) is 1. The second-order valence-electron chi connectivity index (χ2n) is 9.33. The van der Waals surface area contributed by atoms with E-state index >= 15 is 0 Å². The van der Waals surface area contributed by atoms with Crippen LogP contribution in [0.3, 0.4) is 0 Å². The van der Waals surface area contributed by atoms with E-state index < -0.39 is 6.04 Å². The Kier molecular flexibility index (Phi) is 6.86. The zero-order valence-electron chi connectivity index (χ0n) is 18.9. The first-order valence-corrected chi connectivity index (χ1v) is 11.7. The highest BCUT2D eigenvalue weighted by Gasteiger charge is 2.36. The Balaban J connectivity index is 1.42. The van der Waals surface area contributed by atoms with Crippen LogP contribution in [0.5, 0.6) is 11.5 Å². The topological polar surface area (TPSA) is 97.0 Å². The molecule has 1 saturated carbocycles. The van der Waals surface area contributed by atoms with E-state index in [9.17, 15) is 14.4 Å².